The maximum atomic E-state index is 13.7. The second-order valence-corrected chi connectivity index (χ2v) is 9.28. The van der Waals surface area contributed by atoms with E-state index < -0.39 is 29.4 Å². The first-order chi connectivity index (χ1) is 16.1. The normalized spacial score (nSPS) is 14.6. The van der Waals surface area contributed by atoms with Gasteiger partial charge >= 0.3 is 6.18 Å². The molecule has 1 atom stereocenters. The number of nitrogens with zero attached hydrogens (tertiary/aromatic N) is 3. The lowest BCUT2D eigenvalue weighted by atomic mass is 9.90. The van der Waals surface area contributed by atoms with Crippen LogP contribution in [0.4, 0.5) is 22.0 Å². The summed E-state index contributed by atoms with van der Waals surface area (Å²) >= 11 is 3.41. The molecule has 0 unspecified atom stereocenters. The Labute approximate surface area is 201 Å². The number of carbonyl (C=O) groups is 1. The summed E-state index contributed by atoms with van der Waals surface area (Å²) in [6, 6.07) is 6.59. The molecule has 3 aromatic rings. The molecule has 1 aliphatic rings. The summed E-state index contributed by atoms with van der Waals surface area (Å²) in [7, 11) is 0. The van der Waals surface area contributed by atoms with Crippen molar-refractivity contribution < 1.29 is 26.7 Å². The molecule has 0 N–H and O–H groups in total. The van der Waals surface area contributed by atoms with E-state index in [0.717, 1.165) is 12.5 Å². The van der Waals surface area contributed by atoms with Gasteiger partial charge in [-0.2, -0.15) is 18.3 Å². The first-order valence-electron chi connectivity index (χ1n) is 10.8. The van der Waals surface area contributed by atoms with E-state index in [4.69, 9.17) is 0 Å². The number of fused-ring (bicyclic) bond motifs is 1. The highest BCUT2D eigenvalue weighted by molar-refractivity contribution is 9.10. The van der Waals surface area contributed by atoms with Crippen LogP contribution in [0, 0.1) is 11.6 Å². The topological polar surface area (TPSA) is 47.8 Å². The van der Waals surface area contributed by atoms with Gasteiger partial charge in [-0.25, -0.2) is 8.78 Å². The van der Waals surface area contributed by atoms with E-state index in [1.165, 1.54) is 16.8 Å². The van der Waals surface area contributed by atoms with Crippen LogP contribution < -0.4 is 0 Å². The highest BCUT2D eigenvalue weighted by atomic mass is 79.9. The molecule has 180 valence electrons. The number of hydrogen-bond acceptors (Lipinski definition) is 3. The number of ketones is 1. The average molecular weight is 542 g/mol. The third kappa shape index (κ3) is 5.54. The van der Waals surface area contributed by atoms with Gasteiger partial charge in [0.25, 0.3) is 0 Å². The minimum Gasteiger partial charge on any atom is -0.298 e. The Kier molecular flexibility index (Phi) is 7.16. The zero-order valence-electron chi connectivity index (χ0n) is 18.0. The van der Waals surface area contributed by atoms with Gasteiger partial charge in [0.05, 0.1) is 12.2 Å². The van der Waals surface area contributed by atoms with E-state index in [-0.39, 0.29) is 37.2 Å². The van der Waals surface area contributed by atoms with E-state index in [1.54, 1.807) is 18.3 Å². The Hall–Kier alpha value is -2.62. The lowest BCUT2D eigenvalue weighted by molar-refractivity contribution is -0.142. The van der Waals surface area contributed by atoms with Crippen LogP contribution in [0.15, 0.2) is 41.0 Å². The monoisotopic (exact) mass is 541 g/mol. The SMILES string of the molecule is O=C(C[C@@H](Cc1cc(F)cc(F)c1)c1ncccc1Br)Cn1nc(C(F)(F)F)c2c1CCCC2. The minimum atomic E-state index is -4.58. The number of alkyl halides is 3. The van der Waals surface area contributed by atoms with Gasteiger partial charge in [0.2, 0.25) is 0 Å². The molecular formula is C24H21BrF5N3O. The molecule has 0 radical (unpaired) electrons. The number of carbonyl (C=O) groups excluding carboxylic acids is 1. The molecule has 1 aliphatic carbocycles. The van der Waals surface area contributed by atoms with Crippen LogP contribution in [0.2, 0.25) is 0 Å². The van der Waals surface area contributed by atoms with E-state index in [0.29, 0.717) is 34.3 Å². The summed E-state index contributed by atoms with van der Waals surface area (Å²) in [5, 5.41) is 3.75. The highest BCUT2D eigenvalue weighted by Gasteiger charge is 2.39. The lowest BCUT2D eigenvalue weighted by Crippen LogP contribution is -2.19. The third-order valence-corrected chi connectivity index (χ3v) is 6.57. The van der Waals surface area contributed by atoms with Crippen LogP contribution >= 0.6 is 15.9 Å². The second kappa shape index (κ2) is 9.93. The van der Waals surface area contributed by atoms with Gasteiger partial charge < -0.3 is 0 Å². The van der Waals surface area contributed by atoms with Gasteiger partial charge in [0.15, 0.2) is 11.5 Å². The second-order valence-electron chi connectivity index (χ2n) is 8.43. The molecule has 1 aromatic carbocycles. The van der Waals surface area contributed by atoms with E-state index in [2.05, 4.69) is 26.0 Å². The molecule has 4 nitrogen and oxygen atoms in total. The van der Waals surface area contributed by atoms with Gasteiger partial charge in [0, 0.05) is 40.3 Å². The number of Topliss-reactive ketones (excluding diaryl/α,β-unsaturated/α-hetero) is 1. The Balaban J connectivity index is 1.60. The van der Waals surface area contributed by atoms with E-state index >= 15 is 0 Å². The van der Waals surface area contributed by atoms with Crippen LogP contribution in [-0.2, 0) is 36.8 Å². The quantitative estimate of drug-likeness (QED) is 0.334. The smallest absolute Gasteiger partial charge is 0.298 e. The molecule has 0 saturated heterocycles. The summed E-state index contributed by atoms with van der Waals surface area (Å²) in [5.74, 6) is -2.35. The standard InChI is InChI=1S/C24H21BrF5N3O/c25-20-5-3-7-31-22(20)15(8-14-9-16(26)12-17(27)10-14)11-18(34)13-33-21-6-2-1-4-19(21)23(32-33)24(28,29)30/h3,5,7,9-10,12,15H,1-2,4,6,8,11,13H2/t15-/m1/s1. The molecule has 0 aliphatic heterocycles. The van der Waals surface area contributed by atoms with Crippen LogP contribution in [0.25, 0.3) is 0 Å². The predicted octanol–water partition coefficient (Wildman–Crippen LogP) is 6.20. The molecule has 0 bridgehead atoms. The van der Waals surface area contributed by atoms with Gasteiger partial charge in [-0.05, 0) is 77.9 Å². The zero-order chi connectivity index (χ0) is 24.5. The Morgan fingerprint density at radius 3 is 2.50 bits per heavy atom. The first kappa shape index (κ1) is 24.5. The first-order valence-corrected chi connectivity index (χ1v) is 11.6. The van der Waals surface area contributed by atoms with Crippen molar-refractivity contribution in [3.05, 3.63) is 80.8 Å². The summed E-state index contributed by atoms with van der Waals surface area (Å²) in [4.78, 5) is 17.4. The number of halogens is 6. The number of rotatable bonds is 7. The molecule has 0 amide bonds. The third-order valence-electron chi connectivity index (χ3n) is 5.90. The van der Waals surface area contributed by atoms with Crippen LogP contribution in [0.3, 0.4) is 0 Å². The fraction of sp³-hybridized carbons (Fsp3) is 0.375. The maximum absolute atomic E-state index is 13.7. The molecule has 0 saturated carbocycles. The molecule has 2 aromatic heterocycles. The highest BCUT2D eigenvalue weighted by Crippen LogP contribution is 2.36. The summed E-state index contributed by atoms with van der Waals surface area (Å²) in [6.45, 7) is -0.309. The molecular weight excluding hydrogens is 521 g/mol. The fourth-order valence-corrected chi connectivity index (χ4v) is 5.09. The van der Waals surface area contributed by atoms with Crippen molar-refractivity contribution in [1.29, 1.82) is 0 Å². The number of hydrogen-bond donors (Lipinski definition) is 0. The molecule has 34 heavy (non-hydrogen) atoms. The predicted molar refractivity (Wildman–Crippen MR) is 118 cm³/mol. The maximum Gasteiger partial charge on any atom is 0.435 e. The van der Waals surface area contributed by atoms with Crippen molar-refractivity contribution in [3.8, 4) is 0 Å². The molecule has 4 rings (SSSR count). The molecule has 0 fully saturated rings. The van der Waals surface area contributed by atoms with Crippen molar-refractivity contribution in [2.45, 2.75) is 57.2 Å². The van der Waals surface area contributed by atoms with Gasteiger partial charge in [-0.1, -0.05) is 0 Å². The molecule has 0 spiro atoms. The number of aromatic nitrogens is 3. The van der Waals surface area contributed by atoms with Crippen molar-refractivity contribution in [2.24, 2.45) is 0 Å². The average Bonchev–Trinajstić information content (AvgIpc) is 3.12. The van der Waals surface area contributed by atoms with Crippen LogP contribution in [-0.4, -0.2) is 20.5 Å². The van der Waals surface area contributed by atoms with Crippen molar-refractivity contribution in [3.63, 3.8) is 0 Å². The van der Waals surface area contributed by atoms with Gasteiger partial charge in [-0.15, -0.1) is 0 Å². The minimum absolute atomic E-state index is 0.0796. The van der Waals surface area contributed by atoms with E-state index in [9.17, 15) is 26.7 Å². The summed E-state index contributed by atoms with van der Waals surface area (Å²) in [5.41, 5.74) is 0.581. The summed E-state index contributed by atoms with van der Waals surface area (Å²) < 4.78 is 69.7. The molecule has 2 heterocycles. The summed E-state index contributed by atoms with van der Waals surface area (Å²) in [6.07, 6.45) is -0.891. The zero-order valence-corrected chi connectivity index (χ0v) is 19.6. The lowest BCUT2D eigenvalue weighted by Gasteiger charge is -2.18. The fourth-order valence-electron chi connectivity index (χ4n) is 4.51. The van der Waals surface area contributed by atoms with Crippen molar-refractivity contribution >= 4 is 21.7 Å². The van der Waals surface area contributed by atoms with Crippen LogP contribution in [0.5, 0.6) is 0 Å². The van der Waals surface area contributed by atoms with Gasteiger partial charge in [-0.3, -0.25) is 14.5 Å². The Morgan fingerprint density at radius 2 is 1.82 bits per heavy atom. The van der Waals surface area contributed by atoms with E-state index in [1.807, 2.05) is 0 Å². The Bertz CT molecular complexity index is 1190. The molecule has 10 heteroatoms. The van der Waals surface area contributed by atoms with Crippen molar-refractivity contribution in [2.75, 3.05) is 0 Å². The number of benzene rings is 1. The van der Waals surface area contributed by atoms with Gasteiger partial charge in [0.1, 0.15) is 11.6 Å². The largest absolute Gasteiger partial charge is 0.435 e. The van der Waals surface area contributed by atoms with Crippen LogP contribution in [0.1, 0.15) is 53.4 Å². The Morgan fingerprint density at radius 1 is 1.12 bits per heavy atom. The number of pyridine rings is 1. The van der Waals surface area contributed by atoms with Crippen molar-refractivity contribution in [1.82, 2.24) is 14.8 Å².